The lowest BCUT2D eigenvalue weighted by Gasteiger charge is -2.19. The van der Waals surface area contributed by atoms with Crippen LogP contribution in [0, 0.1) is 5.82 Å². The summed E-state index contributed by atoms with van der Waals surface area (Å²) in [6, 6.07) is 6.92. The van der Waals surface area contributed by atoms with Gasteiger partial charge in [0.1, 0.15) is 11.9 Å². The molecular formula is C19H21FN4OS. The molecule has 2 atom stereocenters. The van der Waals surface area contributed by atoms with Crippen molar-refractivity contribution in [1.29, 1.82) is 0 Å². The molecule has 4 rings (SSSR count). The van der Waals surface area contributed by atoms with Gasteiger partial charge in [-0.25, -0.2) is 14.4 Å². The molecule has 26 heavy (non-hydrogen) atoms. The van der Waals surface area contributed by atoms with Gasteiger partial charge >= 0.3 is 0 Å². The fraction of sp³-hybridized carbons (Fsp3) is 0.368. The number of rotatable bonds is 5. The highest BCUT2D eigenvalue weighted by Crippen LogP contribution is 2.29. The van der Waals surface area contributed by atoms with E-state index in [0.717, 1.165) is 35.4 Å². The maximum Gasteiger partial charge on any atom is 0.221 e. The summed E-state index contributed by atoms with van der Waals surface area (Å²) in [7, 11) is 1.88. The molecule has 1 aromatic carbocycles. The number of thiazole rings is 1. The number of hydrogen-bond donors (Lipinski definition) is 1. The fourth-order valence-electron chi connectivity index (χ4n) is 3.42. The molecule has 0 radical (unpaired) electrons. The van der Waals surface area contributed by atoms with E-state index in [0.29, 0.717) is 11.9 Å². The number of aromatic nitrogens is 2. The molecule has 1 aliphatic heterocycles. The van der Waals surface area contributed by atoms with E-state index in [1.54, 1.807) is 29.7 Å². The summed E-state index contributed by atoms with van der Waals surface area (Å²) in [5, 5.41) is 5.67. The van der Waals surface area contributed by atoms with Crippen LogP contribution in [0.1, 0.15) is 18.2 Å². The number of hydrogen-bond acceptors (Lipinski definition) is 6. The Kier molecular flexibility index (Phi) is 4.74. The van der Waals surface area contributed by atoms with Crippen molar-refractivity contribution in [3.05, 3.63) is 47.4 Å². The molecular weight excluding hydrogens is 351 g/mol. The van der Waals surface area contributed by atoms with E-state index < -0.39 is 0 Å². The monoisotopic (exact) mass is 372 g/mol. The van der Waals surface area contributed by atoms with Gasteiger partial charge in [0.25, 0.3) is 0 Å². The Bertz CT molecular complexity index is 915. The Morgan fingerprint density at radius 3 is 3.04 bits per heavy atom. The standard InChI is InChI=1S/C19H21FN4OS/c1-12-7-15(10-24(12)11-16-9-23-19(21-2)26-16)25-18-17-4-3-14(20)8-13(17)5-6-22-18/h3-6,8-9,12,15H,7,10-11H2,1-2H3,(H,21,23). The Labute approximate surface area is 155 Å². The number of pyridine rings is 1. The van der Waals surface area contributed by atoms with Crippen molar-refractivity contribution in [3.63, 3.8) is 0 Å². The third kappa shape index (κ3) is 3.50. The lowest BCUT2D eigenvalue weighted by atomic mass is 10.1. The van der Waals surface area contributed by atoms with Crippen LogP contribution in [-0.4, -0.2) is 40.6 Å². The van der Waals surface area contributed by atoms with Gasteiger partial charge in [-0.2, -0.15) is 0 Å². The van der Waals surface area contributed by atoms with Crippen LogP contribution in [0.3, 0.4) is 0 Å². The van der Waals surface area contributed by atoms with Crippen LogP contribution in [0.15, 0.2) is 36.7 Å². The van der Waals surface area contributed by atoms with Gasteiger partial charge in [-0.15, -0.1) is 11.3 Å². The first kappa shape index (κ1) is 17.2. The Morgan fingerprint density at radius 1 is 1.35 bits per heavy atom. The molecule has 3 aromatic rings. The minimum atomic E-state index is -0.249. The van der Waals surface area contributed by atoms with Crippen molar-refractivity contribution in [2.24, 2.45) is 0 Å². The van der Waals surface area contributed by atoms with Crippen molar-refractivity contribution in [3.8, 4) is 5.88 Å². The molecule has 0 spiro atoms. The smallest absolute Gasteiger partial charge is 0.221 e. The quantitative estimate of drug-likeness (QED) is 0.736. The van der Waals surface area contributed by atoms with Gasteiger partial charge in [0, 0.05) is 55.3 Å². The second-order valence-electron chi connectivity index (χ2n) is 6.62. The van der Waals surface area contributed by atoms with Crippen LogP contribution < -0.4 is 10.1 Å². The van der Waals surface area contributed by atoms with Crippen LogP contribution in [-0.2, 0) is 6.54 Å². The summed E-state index contributed by atoms with van der Waals surface area (Å²) in [5.74, 6) is 0.331. The molecule has 3 heterocycles. The predicted molar refractivity (Wildman–Crippen MR) is 102 cm³/mol. The number of nitrogens with zero attached hydrogens (tertiary/aromatic N) is 3. The zero-order chi connectivity index (χ0) is 18.1. The summed E-state index contributed by atoms with van der Waals surface area (Å²) in [6.45, 7) is 3.93. The number of benzene rings is 1. The van der Waals surface area contributed by atoms with Gasteiger partial charge in [0.15, 0.2) is 5.13 Å². The van der Waals surface area contributed by atoms with Crippen LogP contribution in [0.25, 0.3) is 10.8 Å². The summed E-state index contributed by atoms with van der Waals surface area (Å²) >= 11 is 1.68. The number of fused-ring (bicyclic) bond motifs is 1. The average Bonchev–Trinajstić information content (AvgIpc) is 3.22. The summed E-state index contributed by atoms with van der Waals surface area (Å²) in [4.78, 5) is 12.3. The van der Waals surface area contributed by atoms with E-state index in [1.807, 2.05) is 13.2 Å². The maximum atomic E-state index is 13.4. The lowest BCUT2D eigenvalue weighted by molar-refractivity contribution is 0.191. The van der Waals surface area contributed by atoms with Crippen LogP contribution in [0.5, 0.6) is 5.88 Å². The predicted octanol–water partition coefficient (Wildman–Crippen LogP) is 3.91. The highest BCUT2D eigenvalue weighted by Gasteiger charge is 2.31. The summed E-state index contributed by atoms with van der Waals surface area (Å²) in [5.41, 5.74) is 0. The molecule has 1 saturated heterocycles. The average molecular weight is 372 g/mol. The van der Waals surface area contributed by atoms with Crippen molar-refractivity contribution >= 4 is 27.2 Å². The number of likely N-dealkylation sites (tertiary alicyclic amines) is 1. The molecule has 2 aromatic heterocycles. The lowest BCUT2D eigenvalue weighted by Crippen LogP contribution is -2.27. The second kappa shape index (κ2) is 7.17. The summed E-state index contributed by atoms with van der Waals surface area (Å²) < 4.78 is 19.6. The molecule has 0 aliphatic carbocycles. The largest absolute Gasteiger partial charge is 0.472 e. The molecule has 1 aliphatic rings. The third-order valence-corrected chi connectivity index (χ3v) is 5.76. The molecule has 1 N–H and O–H groups in total. The van der Waals surface area contributed by atoms with Gasteiger partial charge in [0.2, 0.25) is 5.88 Å². The first-order valence-electron chi connectivity index (χ1n) is 8.70. The first-order valence-corrected chi connectivity index (χ1v) is 9.51. The van der Waals surface area contributed by atoms with Gasteiger partial charge in [-0.3, -0.25) is 4.90 Å². The van der Waals surface area contributed by atoms with Crippen LogP contribution in [0.2, 0.25) is 0 Å². The van der Waals surface area contributed by atoms with E-state index in [9.17, 15) is 4.39 Å². The molecule has 5 nitrogen and oxygen atoms in total. The first-order chi connectivity index (χ1) is 12.6. The molecule has 136 valence electrons. The molecule has 0 saturated carbocycles. The Balaban J connectivity index is 1.46. The van der Waals surface area contributed by atoms with Gasteiger partial charge in [0.05, 0.1) is 0 Å². The Morgan fingerprint density at radius 2 is 2.23 bits per heavy atom. The zero-order valence-corrected chi connectivity index (χ0v) is 15.6. The normalized spacial score (nSPS) is 20.6. The molecule has 2 unspecified atom stereocenters. The van der Waals surface area contributed by atoms with Gasteiger partial charge < -0.3 is 10.1 Å². The van der Waals surface area contributed by atoms with Crippen LogP contribution >= 0.6 is 11.3 Å². The Hall–Kier alpha value is -2.25. The van der Waals surface area contributed by atoms with Crippen molar-refractivity contribution in [1.82, 2.24) is 14.9 Å². The number of anilines is 1. The third-order valence-electron chi connectivity index (χ3n) is 4.76. The van der Waals surface area contributed by atoms with E-state index in [1.165, 1.54) is 17.0 Å². The van der Waals surface area contributed by atoms with Crippen molar-refractivity contribution < 1.29 is 9.13 Å². The molecule has 0 bridgehead atoms. The van der Waals surface area contributed by atoms with E-state index in [2.05, 4.69) is 27.1 Å². The van der Waals surface area contributed by atoms with Crippen molar-refractivity contribution in [2.45, 2.75) is 32.0 Å². The SMILES string of the molecule is CNc1ncc(CN2CC(Oc3nccc4cc(F)ccc34)CC2C)s1. The fourth-order valence-corrected chi connectivity index (χ4v) is 4.21. The molecule has 1 fully saturated rings. The highest BCUT2D eigenvalue weighted by atomic mass is 32.1. The van der Waals surface area contributed by atoms with Gasteiger partial charge in [-0.05, 0) is 36.6 Å². The zero-order valence-electron chi connectivity index (χ0n) is 14.8. The highest BCUT2D eigenvalue weighted by molar-refractivity contribution is 7.15. The van der Waals surface area contributed by atoms with E-state index in [4.69, 9.17) is 4.74 Å². The number of halogens is 1. The molecule has 7 heteroatoms. The second-order valence-corrected chi connectivity index (χ2v) is 7.73. The van der Waals surface area contributed by atoms with E-state index in [-0.39, 0.29) is 11.9 Å². The topological polar surface area (TPSA) is 50.3 Å². The van der Waals surface area contributed by atoms with Gasteiger partial charge in [-0.1, -0.05) is 0 Å². The number of nitrogens with one attached hydrogen (secondary N) is 1. The number of ether oxygens (including phenoxy) is 1. The summed E-state index contributed by atoms with van der Waals surface area (Å²) in [6.07, 6.45) is 4.61. The molecule has 0 amide bonds. The minimum absolute atomic E-state index is 0.0739. The van der Waals surface area contributed by atoms with Crippen LogP contribution in [0.4, 0.5) is 9.52 Å². The van der Waals surface area contributed by atoms with Crippen molar-refractivity contribution in [2.75, 3.05) is 18.9 Å². The van der Waals surface area contributed by atoms with E-state index >= 15 is 0 Å². The maximum absolute atomic E-state index is 13.4. The minimum Gasteiger partial charge on any atom is -0.472 e.